The standard InChI is InChI=1S/C20H28ClN9O3.2ClH/c21-15-17(24)29-16(23)14(28-15)19(32)30-20(26)27-9-2-1-3-11-4-6-12(7-5-11)33-10-8-13(22)18(25)31;;/h4-7,13H,1-3,8-10,22H2,(H2,25,31)(H4,23,24,29)(H3,26,27,30,32);2*1H. The first-order chi connectivity index (χ1) is 15.7. The van der Waals surface area contributed by atoms with E-state index in [4.69, 9.17) is 44.7 Å². The van der Waals surface area contributed by atoms with Crippen molar-refractivity contribution >= 4 is 65.8 Å². The Morgan fingerprint density at radius 3 is 2.37 bits per heavy atom. The molecule has 0 aliphatic carbocycles. The number of hydrogen-bond donors (Lipinski definition) is 7. The number of benzene rings is 1. The highest BCUT2D eigenvalue weighted by Gasteiger charge is 2.17. The molecule has 0 saturated heterocycles. The number of rotatable bonds is 11. The average molecular weight is 551 g/mol. The number of nitrogen functional groups attached to an aromatic ring is 2. The van der Waals surface area contributed by atoms with Crippen LogP contribution in [0.5, 0.6) is 5.75 Å². The number of nitrogens with one attached hydrogen (secondary N) is 3. The normalized spacial score (nSPS) is 10.8. The number of aromatic nitrogens is 2. The molecule has 0 fully saturated rings. The first kappa shape index (κ1) is 31.9. The van der Waals surface area contributed by atoms with E-state index < -0.39 is 17.9 Å². The Morgan fingerprint density at radius 2 is 1.74 bits per heavy atom. The predicted octanol–water partition coefficient (Wildman–Crippen LogP) is 0.997. The number of carbonyl (C=O) groups excluding carboxylic acids is 2. The van der Waals surface area contributed by atoms with Gasteiger partial charge in [0.1, 0.15) is 5.75 Å². The topological polar surface area (TPSA) is 221 Å². The smallest absolute Gasteiger partial charge is 0.280 e. The Balaban J connectivity index is 0.00000578. The number of anilines is 2. The van der Waals surface area contributed by atoms with Crippen molar-refractivity contribution in [2.45, 2.75) is 31.7 Å². The zero-order valence-corrected chi connectivity index (χ0v) is 21.1. The minimum absolute atomic E-state index is 0. The number of unbranched alkanes of at least 4 members (excludes halogenated alkanes) is 1. The Hall–Kier alpha value is -3.06. The molecule has 11 N–H and O–H groups in total. The number of nitrogens with two attached hydrogens (primary N) is 4. The van der Waals surface area contributed by atoms with Crippen LogP contribution < -0.4 is 38.3 Å². The van der Waals surface area contributed by atoms with Gasteiger partial charge in [0.05, 0.1) is 12.6 Å². The molecule has 1 atom stereocenters. The second kappa shape index (κ2) is 15.8. The molecule has 0 spiro atoms. The Labute approximate surface area is 220 Å². The maximum Gasteiger partial charge on any atom is 0.280 e. The number of carbonyl (C=O) groups is 2. The SMILES string of the molecule is Cl.Cl.N=C(NCCCCc1ccc(OCCC(N)C(N)=O)cc1)NC(=O)c1nc(Cl)c(N)nc1N. The number of nitrogens with zero attached hydrogens (tertiary/aromatic N) is 2. The summed E-state index contributed by atoms with van der Waals surface area (Å²) in [4.78, 5) is 30.6. The van der Waals surface area contributed by atoms with Gasteiger partial charge in [-0.25, -0.2) is 9.97 Å². The average Bonchev–Trinajstić information content (AvgIpc) is 2.76. The summed E-state index contributed by atoms with van der Waals surface area (Å²) in [6, 6.07) is 6.92. The van der Waals surface area contributed by atoms with Crippen LogP contribution in [0, 0.1) is 5.41 Å². The highest BCUT2D eigenvalue weighted by molar-refractivity contribution is 6.31. The van der Waals surface area contributed by atoms with Crippen LogP contribution in [-0.2, 0) is 11.2 Å². The molecule has 15 heteroatoms. The third-order valence-electron chi connectivity index (χ3n) is 4.54. The molecule has 2 rings (SSSR count). The van der Waals surface area contributed by atoms with Crippen LogP contribution in [-0.4, -0.2) is 46.9 Å². The fourth-order valence-corrected chi connectivity index (χ4v) is 2.82. The number of ether oxygens (including phenoxy) is 1. The Bertz CT molecular complexity index is 994. The maximum absolute atomic E-state index is 12.2. The molecule has 12 nitrogen and oxygen atoms in total. The van der Waals surface area contributed by atoms with Crippen LogP contribution in [0.3, 0.4) is 0 Å². The quantitative estimate of drug-likeness (QED) is 0.120. The van der Waals surface area contributed by atoms with E-state index in [1.165, 1.54) is 0 Å². The first-order valence-corrected chi connectivity index (χ1v) is 10.5. The van der Waals surface area contributed by atoms with Gasteiger partial charge in [-0.2, -0.15) is 0 Å². The molecule has 0 aliphatic rings. The monoisotopic (exact) mass is 549 g/mol. The molecule has 1 aromatic heterocycles. The van der Waals surface area contributed by atoms with E-state index in [0.29, 0.717) is 25.3 Å². The third kappa shape index (κ3) is 10.8. The van der Waals surface area contributed by atoms with E-state index in [0.717, 1.165) is 24.8 Å². The van der Waals surface area contributed by atoms with E-state index >= 15 is 0 Å². The van der Waals surface area contributed by atoms with Crippen molar-refractivity contribution < 1.29 is 14.3 Å². The summed E-state index contributed by atoms with van der Waals surface area (Å²) in [6.45, 7) is 0.798. The fraction of sp³-hybridized carbons (Fsp3) is 0.350. The summed E-state index contributed by atoms with van der Waals surface area (Å²) in [6.07, 6.45) is 2.84. The van der Waals surface area contributed by atoms with Crippen LogP contribution in [0.2, 0.25) is 5.15 Å². The second-order valence-electron chi connectivity index (χ2n) is 7.14. The summed E-state index contributed by atoms with van der Waals surface area (Å²) in [5.74, 6) is -1.01. The Kier molecular flexibility index (Phi) is 14.4. The van der Waals surface area contributed by atoms with E-state index in [-0.39, 0.29) is 53.3 Å². The molecule has 194 valence electrons. The molecular formula is C20H30Cl3N9O3. The first-order valence-electron chi connectivity index (χ1n) is 10.2. The van der Waals surface area contributed by atoms with Crippen LogP contribution in [0.4, 0.5) is 11.6 Å². The molecule has 0 radical (unpaired) electrons. The summed E-state index contributed by atoms with van der Waals surface area (Å²) in [5.41, 5.74) is 22.7. The van der Waals surface area contributed by atoms with Crippen molar-refractivity contribution in [3.05, 3.63) is 40.7 Å². The number of primary amides is 1. The van der Waals surface area contributed by atoms with E-state index in [2.05, 4.69) is 20.6 Å². The van der Waals surface area contributed by atoms with Gasteiger partial charge >= 0.3 is 0 Å². The van der Waals surface area contributed by atoms with Gasteiger partial charge in [-0.15, -0.1) is 24.8 Å². The number of hydrogen-bond acceptors (Lipinski definition) is 9. The predicted molar refractivity (Wildman–Crippen MR) is 140 cm³/mol. The molecule has 0 aliphatic heterocycles. The molecule has 0 saturated carbocycles. The van der Waals surface area contributed by atoms with Gasteiger partial charge in [-0.3, -0.25) is 20.3 Å². The van der Waals surface area contributed by atoms with Crippen molar-refractivity contribution in [3.63, 3.8) is 0 Å². The fourth-order valence-electron chi connectivity index (χ4n) is 2.69. The van der Waals surface area contributed by atoms with E-state index in [9.17, 15) is 9.59 Å². The highest BCUT2D eigenvalue weighted by Crippen LogP contribution is 2.17. The third-order valence-corrected chi connectivity index (χ3v) is 4.82. The van der Waals surface area contributed by atoms with Gasteiger partial charge in [-0.05, 0) is 37.0 Å². The van der Waals surface area contributed by atoms with Crippen molar-refractivity contribution in [1.82, 2.24) is 20.6 Å². The van der Waals surface area contributed by atoms with Crippen molar-refractivity contribution in [2.24, 2.45) is 11.5 Å². The molecular weight excluding hydrogens is 521 g/mol. The molecule has 1 heterocycles. The molecule has 2 amide bonds. The van der Waals surface area contributed by atoms with Gasteiger partial charge in [0.15, 0.2) is 28.4 Å². The zero-order chi connectivity index (χ0) is 24.4. The summed E-state index contributed by atoms with van der Waals surface area (Å²) in [5, 5.41) is 12.8. The minimum atomic E-state index is -0.712. The highest BCUT2D eigenvalue weighted by atomic mass is 35.5. The van der Waals surface area contributed by atoms with Crippen LogP contribution in [0.1, 0.15) is 35.3 Å². The lowest BCUT2D eigenvalue weighted by Crippen LogP contribution is -2.41. The van der Waals surface area contributed by atoms with Crippen molar-refractivity contribution in [2.75, 3.05) is 24.6 Å². The summed E-state index contributed by atoms with van der Waals surface area (Å²) >= 11 is 5.76. The second-order valence-corrected chi connectivity index (χ2v) is 7.49. The molecule has 0 bridgehead atoms. The largest absolute Gasteiger partial charge is 0.494 e. The van der Waals surface area contributed by atoms with Crippen molar-refractivity contribution in [3.8, 4) is 5.75 Å². The van der Waals surface area contributed by atoms with Crippen LogP contribution >= 0.6 is 36.4 Å². The van der Waals surface area contributed by atoms with Gasteiger partial charge in [0.2, 0.25) is 5.91 Å². The molecule has 1 unspecified atom stereocenters. The molecule has 1 aromatic carbocycles. The lowest BCUT2D eigenvalue weighted by Gasteiger charge is -2.11. The minimum Gasteiger partial charge on any atom is -0.494 e. The molecule has 2 aromatic rings. The number of aryl methyl sites for hydroxylation is 1. The number of guanidine groups is 1. The lowest BCUT2D eigenvalue weighted by atomic mass is 10.1. The summed E-state index contributed by atoms with van der Waals surface area (Å²) < 4.78 is 5.55. The van der Waals surface area contributed by atoms with Gasteiger partial charge in [-0.1, -0.05) is 23.7 Å². The summed E-state index contributed by atoms with van der Waals surface area (Å²) in [7, 11) is 0. The van der Waals surface area contributed by atoms with Gasteiger partial charge in [0.25, 0.3) is 5.91 Å². The zero-order valence-electron chi connectivity index (χ0n) is 18.8. The molecule has 35 heavy (non-hydrogen) atoms. The maximum atomic E-state index is 12.2. The number of amides is 2. The van der Waals surface area contributed by atoms with E-state index in [1.54, 1.807) is 0 Å². The number of halogens is 3. The van der Waals surface area contributed by atoms with Crippen LogP contribution in [0.25, 0.3) is 0 Å². The van der Waals surface area contributed by atoms with E-state index in [1.807, 2.05) is 24.3 Å². The van der Waals surface area contributed by atoms with Gasteiger partial charge in [0, 0.05) is 13.0 Å². The van der Waals surface area contributed by atoms with Crippen LogP contribution in [0.15, 0.2) is 24.3 Å². The lowest BCUT2D eigenvalue weighted by molar-refractivity contribution is -0.119. The van der Waals surface area contributed by atoms with Gasteiger partial charge < -0.3 is 33.0 Å². The van der Waals surface area contributed by atoms with Crippen molar-refractivity contribution in [1.29, 1.82) is 5.41 Å². The Morgan fingerprint density at radius 1 is 1.09 bits per heavy atom.